The Morgan fingerprint density at radius 1 is 1.10 bits per heavy atom. The summed E-state index contributed by atoms with van der Waals surface area (Å²) in [6.45, 7) is 2.03. The normalized spacial score (nSPS) is 15.3. The fraction of sp³-hybridized carbons (Fsp3) is 0.217. The first-order valence-electron chi connectivity index (χ1n) is 9.89. The molecule has 30 heavy (non-hydrogen) atoms. The second-order valence-electron chi connectivity index (χ2n) is 7.35. The maximum Gasteiger partial charge on any atom is 0.138 e. The quantitative estimate of drug-likeness (QED) is 0.566. The van der Waals surface area contributed by atoms with E-state index < -0.39 is 0 Å². The minimum atomic E-state index is -0.281. The Kier molecular flexibility index (Phi) is 5.01. The number of aliphatic imine (C=N–C) groups is 2. The van der Waals surface area contributed by atoms with Crippen LogP contribution in [-0.4, -0.2) is 23.3 Å². The highest BCUT2D eigenvalue weighted by Gasteiger charge is 2.23. The molecule has 3 heterocycles. The summed E-state index contributed by atoms with van der Waals surface area (Å²) in [5.41, 5.74) is 3.89. The summed E-state index contributed by atoms with van der Waals surface area (Å²) in [7, 11) is 0. The summed E-state index contributed by atoms with van der Waals surface area (Å²) < 4.78 is 21.4. The van der Waals surface area contributed by atoms with Gasteiger partial charge in [-0.05, 0) is 48.4 Å². The van der Waals surface area contributed by atoms with Crippen LogP contribution in [-0.2, 0) is 19.6 Å². The van der Waals surface area contributed by atoms with E-state index in [1.165, 1.54) is 17.8 Å². The van der Waals surface area contributed by atoms with E-state index in [1.807, 2.05) is 30.3 Å². The molecule has 0 atom stereocenters. The van der Waals surface area contributed by atoms with Gasteiger partial charge in [0.15, 0.2) is 0 Å². The first-order chi connectivity index (χ1) is 14.7. The molecule has 5 rings (SSSR count). The summed E-state index contributed by atoms with van der Waals surface area (Å²) in [6.07, 6.45) is 5.43. The molecule has 0 spiro atoms. The van der Waals surface area contributed by atoms with Gasteiger partial charge < -0.3 is 14.2 Å². The molecule has 2 bridgehead atoms. The van der Waals surface area contributed by atoms with Crippen LogP contribution < -0.4 is 9.64 Å². The molecule has 0 aliphatic carbocycles. The van der Waals surface area contributed by atoms with E-state index in [-0.39, 0.29) is 12.4 Å². The van der Waals surface area contributed by atoms with Crippen molar-refractivity contribution in [3.63, 3.8) is 0 Å². The van der Waals surface area contributed by atoms with Crippen LogP contribution in [0.3, 0.4) is 0 Å². The molecule has 0 saturated heterocycles. The van der Waals surface area contributed by atoms with Crippen molar-refractivity contribution in [1.29, 1.82) is 0 Å². The number of anilines is 1. The molecule has 1 aromatic heterocycles. The fourth-order valence-electron chi connectivity index (χ4n) is 3.90. The van der Waals surface area contributed by atoms with Gasteiger partial charge in [0.25, 0.3) is 0 Å². The van der Waals surface area contributed by atoms with Crippen molar-refractivity contribution in [2.24, 2.45) is 9.98 Å². The van der Waals surface area contributed by atoms with Crippen LogP contribution >= 0.6 is 11.6 Å². The van der Waals surface area contributed by atoms with Crippen molar-refractivity contribution in [3.8, 4) is 5.75 Å². The number of nitrogens with zero attached hydrogens (tertiary/aromatic N) is 4. The summed E-state index contributed by atoms with van der Waals surface area (Å²) in [6, 6.07) is 14.1. The summed E-state index contributed by atoms with van der Waals surface area (Å²) in [5.74, 6) is 1.23. The number of halogens is 2. The molecular formula is C23H20ClFN4O. The molecule has 152 valence electrons. The van der Waals surface area contributed by atoms with E-state index in [9.17, 15) is 4.39 Å². The standard InChI is InChI=1S/C23H20ClFN4O/c24-19-12-18(5-6-22(19)30-14-16-3-1-4-17(25)11-16)29-9-2-8-28-10-7-20-21(28)13-23(29)27-15-26-20/h1,3-7,10-12,15H,2,8-9,13-14H2. The Labute approximate surface area is 179 Å². The monoisotopic (exact) mass is 422 g/mol. The van der Waals surface area contributed by atoms with Crippen LogP contribution in [0.2, 0.25) is 5.02 Å². The zero-order chi connectivity index (χ0) is 20.5. The van der Waals surface area contributed by atoms with Gasteiger partial charge in [-0.3, -0.25) is 0 Å². The Morgan fingerprint density at radius 2 is 2.03 bits per heavy atom. The molecular weight excluding hydrogens is 403 g/mol. The molecule has 2 aromatic carbocycles. The van der Waals surface area contributed by atoms with Gasteiger partial charge in [-0.2, -0.15) is 0 Å². The Hall–Kier alpha value is -3.12. The lowest BCUT2D eigenvalue weighted by Gasteiger charge is -2.29. The molecule has 0 radical (unpaired) electrons. The predicted molar refractivity (Wildman–Crippen MR) is 118 cm³/mol. The van der Waals surface area contributed by atoms with Gasteiger partial charge in [-0.15, -0.1) is 0 Å². The van der Waals surface area contributed by atoms with Crippen LogP contribution in [0.15, 0.2) is 64.7 Å². The minimum Gasteiger partial charge on any atom is -0.487 e. The van der Waals surface area contributed by atoms with Crippen molar-refractivity contribution in [2.75, 3.05) is 11.4 Å². The maximum atomic E-state index is 13.4. The van der Waals surface area contributed by atoms with Crippen molar-refractivity contribution in [1.82, 2.24) is 4.57 Å². The zero-order valence-electron chi connectivity index (χ0n) is 16.3. The van der Waals surface area contributed by atoms with E-state index in [1.54, 1.807) is 12.4 Å². The van der Waals surface area contributed by atoms with Crippen LogP contribution in [0.4, 0.5) is 15.8 Å². The summed E-state index contributed by atoms with van der Waals surface area (Å²) in [4.78, 5) is 11.3. The van der Waals surface area contributed by atoms with Crippen molar-refractivity contribution in [2.45, 2.75) is 26.0 Å². The average Bonchev–Trinajstić information content (AvgIpc) is 2.95. The van der Waals surface area contributed by atoms with E-state index >= 15 is 0 Å². The van der Waals surface area contributed by atoms with Gasteiger partial charge >= 0.3 is 0 Å². The summed E-state index contributed by atoms with van der Waals surface area (Å²) >= 11 is 6.52. The van der Waals surface area contributed by atoms with E-state index in [4.69, 9.17) is 16.3 Å². The second-order valence-corrected chi connectivity index (χ2v) is 7.75. The zero-order valence-corrected chi connectivity index (χ0v) is 17.0. The second kappa shape index (κ2) is 7.95. The maximum absolute atomic E-state index is 13.4. The van der Waals surface area contributed by atoms with Gasteiger partial charge in [0.1, 0.15) is 30.3 Å². The molecule has 0 N–H and O–H groups in total. The number of hydrogen-bond acceptors (Lipinski definition) is 4. The molecule has 7 heteroatoms. The van der Waals surface area contributed by atoms with Crippen molar-refractivity contribution < 1.29 is 9.13 Å². The Bertz CT molecular complexity index is 1150. The molecule has 0 fully saturated rings. The number of rotatable bonds is 4. The van der Waals surface area contributed by atoms with Crippen LogP contribution in [0.5, 0.6) is 5.75 Å². The number of ether oxygens (including phenoxy) is 1. The molecule has 0 saturated carbocycles. The highest BCUT2D eigenvalue weighted by Crippen LogP contribution is 2.32. The highest BCUT2D eigenvalue weighted by molar-refractivity contribution is 6.32. The molecule has 5 nitrogen and oxygen atoms in total. The molecule has 0 amide bonds. The topological polar surface area (TPSA) is 42.1 Å². The van der Waals surface area contributed by atoms with Gasteiger partial charge in [0, 0.05) is 31.4 Å². The summed E-state index contributed by atoms with van der Waals surface area (Å²) in [5, 5.41) is 0.512. The number of aryl methyl sites for hydroxylation is 1. The van der Waals surface area contributed by atoms with E-state index in [0.29, 0.717) is 10.8 Å². The lowest BCUT2D eigenvalue weighted by atomic mass is 10.1. The lowest BCUT2D eigenvalue weighted by Crippen LogP contribution is -2.36. The largest absolute Gasteiger partial charge is 0.487 e. The molecule has 2 aliphatic heterocycles. The third kappa shape index (κ3) is 3.71. The highest BCUT2D eigenvalue weighted by atomic mass is 35.5. The molecule has 3 aromatic rings. The molecule has 0 unspecified atom stereocenters. The minimum absolute atomic E-state index is 0.253. The lowest BCUT2D eigenvalue weighted by molar-refractivity contribution is 0.306. The number of hydrogen-bond donors (Lipinski definition) is 0. The third-order valence-electron chi connectivity index (χ3n) is 5.39. The number of aromatic nitrogens is 1. The van der Waals surface area contributed by atoms with E-state index in [0.717, 1.165) is 48.7 Å². The predicted octanol–water partition coefficient (Wildman–Crippen LogP) is 5.38. The fourth-order valence-corrected chi connectivity index (χ4v) is 4.13. The van der Waals surface area contributed by atoms with Crippen molar-refractivity contribution >= 4 is 35.1 Å². The first-order valence-corrected chi connectivity index (χ1v) is 10.3. The van der Waals surface area contributed by atoms with Crippen molar-refractivity contribution in [3.05, 3.63) is 76.8 Å². The van der Waals surface area contributed by atoms with E-state index in [2.05, 4.69) is 25.6 Å². The SMILES string of the molecule is Fc1cccc(COc2ccc(N3CCCn4ccc5c4CC3=NC=N5)cc2Cl)c1. The Morgan fingerprint density at radius 3 is 2.90 bits per heavy atom. The van der Waals surface area contributed by atoms with Crippen LogP contribution in [0, 0.1) is 5.82 Å². The number of benzene rings is 2. The molecule has 2 aliphatic rings. The van der Waals surface area contributed by atoms with Crippen LogP contribution in [0.25, 0.3) is 0 Å². The number of fused-ring (bicyclic) bond motifs is 1. The van der Waals surface area contributed by atoms with Gasteiger partial charge in [0.05, 0.1) is 16.4 Å². The smallest absolute Gasteiger partial charge is 0.138 e. The van der Waals surface area contributed by atoms with Gasteiger partial charge in [-0.1, -0.05) is 23.7 Å². The first kappa shape index (κ1) is 18.9. The number of amidine groups is 1. The van der Waals surface area contributed by atoms with Gasteiger partial charge in [-0.25, -0.2) is 14.4 Å². The van der Waals surface area contributed by atoms with Gasteiger partial charge in [0.2, 0.25) is 0 Å². The van der Waals surface area contributed by atoms with Crippen LogP contribution in [0.1, 0.15) is 17.7 Å². The Balaban J connectivity index is 1.37. The third-order valence-corrected chi connectivity index (χ3v) is 5.68. The average molecular weight is 423 g/mol.